The van der Waals surface area contributed by atoms with Crippen molar-refractivity contribution in [3.8, 4) is 11.8 Å². The number of fused-ring (bicyclic) bond motifs is 2. The van der Waals surface area contributed by atoms with Crippen LogP contribution in [0.1, 0.15) is 141 Å². The van der Waals surface area contributed by atoms with E-state index in [1.54, 1.807) is 0 Å². The Balaban J connectivity index is 0.852. The summed E-state index contributed by atoms with van der Waals surface area (Å²) < 4.78 is 11.0. The number of aromatic amines is 2. The lowest BCUT2D eigenvalue weighted by molar-refractivity contribution is -0.160. The van der Waals surface area contributed by atoms with E-state index >= 15 is 0 Å². The monoisotopic (exact) mass is 814 g/mol. The van der Waals surface area contributed by atoms with Crippen molar-refractivity contribution < 1.29 is 28.7 Å². The van der Waals surface area contributed by atoms with Gasteiger partial charge in [-0.2, -0.15) is 0 Å². The first-order valence-corrected chi connectivity index (χ1v) is 21.7. The average molecular weight is 815 g/mol. The van der Waals surface area contributed by atoms with Crippen LogP contribution in [0.4, 0.5) is 9.59 Å². The zero-order valence-corrected chi connectivity index (χ0v) is 35.2. The number of amides is 4. The minimum Gasteiger partial charge on any atom is -0.444 e. The topological polar surface area (TPSA) is 175 Å². The van der Waals surface area contributed by atoms with E-state index in [9.17, 15) is 19.2 Å². The van der Waals surface area contributed by atoms with E-state index in [4.69, 9.17) is 19.4 Å². The minimum atomic E-state index is -0.653. The molecule has 314 valence electrons. The molecule has 6 fully saturated rings. The molecule has 2 aliphatic carbocycles. The van der Waals surface area contributed by atoms with E-state index in [0.29, 0.717) is 24.7 Å². The van der Waals surface area contributed by atoms with Crippen LogP contribution >= 0.6 is 0 Å². The molecular weight excluding hydrogens is 761 g/mol. The van der Waals surface area contributed by atoms with Crippen molar-refractivity contribution in [3.63, 3.8) is 0 Å². The lowest BCUT2D eigenvalue weighted by Crippen LogP contribution is -2.68. The molecule has 60 heavy (non-hydrogen) atoms. The Bertz CT molecular complexity index is 2350. The first-order chi connectivity index (χ1) is 28.5. The maximum absolute atomic E-state index is 14.0. The number of nitrogens with zero attached hydrogens (tertiary/aromatic N) is 4. The molecule has 2 spiro atoms. The number of imidazole rings is 2. The summed E-state index contributed by atoms with van der Waals surface area (Å²) in [6.07, 6.45) is 7.64. The van der Waals surface area contributed by atoms with Gasteiger partial charge in [0.05, 0.1) is 34.2 Å². The Labute approximate surface area is 349 Å². The molecule has 14 heteroatoms. The second kappa shape index (κ2) is 13.5. The van der Waals surface area contributed by atoms with Crippen LogP contribution < -0.4 is 10.6 Å². The molecule has 8 atom stereocenters. The number of H-pyrrole nitrogens is 2. The minimum absolute atomic E-state index is 0.0623. The van der Waals surface area contributed by atoms with Gasteiger partial charge < -0.3 is 39.9 Å². The lowest BCUT2D eigenvalue weighted by atomic mass is 9.60. The fourth-order valence-corrected chi connectivity index (χ4v) is 11.4. The quantitative estimate of drug-likeness (QED) is 0.159. The molecule has 2 saturated carbocycles. The molecule has 6 heterocycles. The van der Waals surface area contributed by atoms with Crippen LogP contribution in [0.25, 0.3) is 22.1 Å². The summed E-state index contributed by atoms with van der Waals surface area (Å²) in [7, 11) is 0. The predicted molar refractivity (Wildman–Crippen MR) is 222 cm³/mol. The highest BCUT2D eigenvalue weighted by atomic mass is 16.6. The number of hydrogen-bond donors (Lipinski definition) is 4. The van der Waals surface area contributed by atoms with Crippen LogP contribution in [0.15, 0.2) is 36.4 Å². The largest absolute Gasteiger partial charge is 0.444 e. The number of nitrogens with one attached hydrogen (secondary N) is 4. The van der Waals surface area contributed by atoms with Gasteiger partial charge in [-0.05, 0) is 154 Å². The van der Waals surface area contributed by atoms with E-state index in [1.807, 2.05) is 87.7 Å². The SMILES string of the molecule is CC(C)(C)OC(=O)NC1CC2CCC23CC[C@@H](c2nc4cc(C#Cc5ccc6[nH]c([C@@H]7CCC89CCC8C[C@H](NC(=O)OC(C)(C)C)C(=O)N79)nc6c5)ccc4[nH]2)N3C1=O. The van der Waals surface area contributed by atoms with E-state index in [-0.39, 0.29) is 35.0 Å². The van der Waals surface area contributed by atoms with Crippen molar-refractivity contribution in [2.45, 2.75) is 152 Å². The molecule has 4 N–H and O–H groups in total. The van der Waals surface area contributed by atoms with Gasteiger partial charge in [-0.1, -0.05) is 11.8 Å². The summed E-state index contributed by atoms with van der Waals surface area (Å²) in [4.78, 5) is 74.6. The second-order valence-corrected chi connectivity index (χ2v) is 20.0. The fourth-order valence-electron chi connectivity index (χ4n) is 11.4. The molecule has 2 aromatic heterocycles. The Morgan fingerprint density at radius 1 is 0.667 bits per heavy atom. The van der Waals surface area contributed by atoms with E-state index in [2.05, 4.69) is 32.4 Å². The number of ether oxygens (including phenoxy) is 2. The molecule has 2 aromatic carbocycles. The molecule has 0 bridgehead atoms. The standard InChI is InChI=1S/C46H54N8O6/c1-43(2,3)59-41(57)51-33-23-27-13-17-45(27)19-15-35(53(45)39(33)55)37-47-29-11-9-25(21-31(29)49-37)7-8-26-10-12-30-32(22-26)50-38(48-30)36-16-20-46-18-14-28(46)24-34(40(56)54(36)46)52-42(58)60-44(4,5)6/h9-12,21-22,27-28,33-36H,13-20,23-24H2,1-6H3,(H,47,49)(H,48,50)(H,51,57)(H,52,58)/t27?,28?,33-,34?,35-,36-,45?,46?/m0/s1. The van der Waals surface area contributed by atoms with Crippen molar-refractivity contribution in [2.24, 2.45) is 11.8 Å². The number of aromatic nitrogens is 4. The molecule has 0 radical (unpaired) electrons. The molecule has 4 aromatic rings. The van der Waals surface area contributed by atoms with Crippen LogP contribution in [-0.2, 0) is 19.1 Å². The van der Waals surface area contributed by atoms with Gasteiger partial charge in [0.1, 0.15) is 34.9 Å². The Morgan fingerprint density at radius 2 is 1.07 bits per heavy atom. The van der Waals surface area contributed by atoms with E-state index < -0.39 is 35.5 Å². The number of benzene rings is 2. The third kappa shape index (κ3) is 6.38. The number of piperidine rings is 2. The van der Waals surface area contributed by atoms with Gasteiger partial charge in [-0.3, -0.25) is 9.59 Å². The normalized spacial score (nSPS) is 30.6. The van der Waals surface area contributed by atoms with Crippen LogP contribution in [0.5, 0.6) is 0 Å². The summed E-state index contributed by atoms with van der Waals surface area (Å²) in [6.45, 7) is 10.9. The zero-order chi connectivity index (χ0) is 41.9. The molecule has 6 aliphatic rings. The smallest absolute Gasteiger partial charge is 0.408 e. The lowest BCUT2D eigenvalue weighted by Gasteiger charge is -2.58. The Morgan fingerprint density at radius 3 is 1.43 bits per heavy atom. The third-order valence-electron chi connectivity index (χ3n) is 14.1. The molecule has 4 amide bonds. The summed E-state index contributed by atoms with van der Waals surface area (Å²) >= 11 is 0. The van der Waals surface area contributed by atoms with Crippen LogP contribution in [-0.4, -0.2) is 88.1 Å². The fraction of sp³-hybridized carbons (Fsp3) is 0.565. The summed E-state index contributed by atoms with van der Waals surface area (Å²) in [5.41, 5.74) is 3.28. The van der Waals surface area contributed by atoms with Crippen LogP contribution in [0.3, 0.4) is 0 Å². The molecule has 4 saturated heterocycles. The van der Waals surface area contributed by atoms with Crippen molar-refractivity contribution in [1.82, 2.24) is 40.4 Å². The number of hydrogen-bond acceptors (Lipinski definition) is 8. The highest BCUT2D eigenvalue weighted by Crippen LogP contribution is 2.61. The summed E-state index contributed by atoms with van der Waals surface area (Å²) in [6, 6.07) is 10.2. The Kier molecular flexibility index (Phi) is 8.66. The van der Waals surface area contributed by atoms with E-state index in [1.165, 1.54) is 0 Å². The highest BCUT2D eigenvalue weighted by Gasteiger charge is 2.64. The molecule has 14 nitrogen and oxygen atoms in total. The van der Waals surface area contributed by atoms with Gasteiger partial charge in [-0.25, -0.2) is 19.6 Å². The number of carbonyl (C=O) groups is 4. The first-order valence-electron chi connectivity index (χ1n) is 21.7. The average Bonchev–Trinajstić information content (AvgIpc) is 3.96. The van der Waals surface area contributed by atoms with Gasteiger partial charge >= 0.3 is 12.2 Å². The molecule has 5 unspecified atom stereocenters. The maximum atomic E-state index is 14.0. The van der Waals surface area contributed by atoms with Gasteiger partial charge in [0.25, 0.3) is 0 Å². The molecular formula is C46H54N8O6. The van der Waals surface area contributed by atoms with Gasteiger partial charge in [0.2, 0.25) is 11.8 Å². The number of carbonyl (C=O) groups excluding carboxylic acids is 4. The summed E-state index contributed by atoms with van der Waals surface area (Å²) in [5.74, 6) is 8.68. The highest BCUT2D eigenvalue weighted by molar-refractivity contribution is 5.89. The Hall–Kier alpha value is -5.58. The van der Waals surface area contributed by atoms with Crippen molar-refractivity contribution in [3.05, 3.63) is 59.2 Å². The van der Waals surface area contributed by atoms with Crippen molar-refractivity contribution >= 4 is 46.1 Å². The molecule has 10 rings (SSSR count). The van der Waals surface area contributed by atoms with Gasteiger partial charge in [0, 0.05) is 22.2 Å². The van der Waals surface area contributed by atoms with Crippen molar-refractivity contribution in [2.75, 3.05) is 0 Å². The van der Waals surface area contributed by atoms with E-state index in [0.717, 1.165) is 96.2 Å². The number of alkyl carbamates (subject to hydrolysis) is 2. The van der Waals surface area contributed by atoms with Crippen molar-refractivity contribution in [1.29, 1.82) is 0 Å². The van der Waals surface area contributed by atoms with Gasteiger partial charge in [-0.15, -0.1) is 0 Å². The van der Waals surface area contributed by atoms with Crippen LogP contribution in [0, 0.1) is 23.7 Å². The second-order valence-electron chi connectivity index (χ2n) is 20.0. The maximum Gasteiger partial charge on any atom is 0.408 e. The molecule has 4 aliphatic heterocycles. The zero-order valence-electron chi connectivity index (χ0n) is 35.2. The summed E-state index contributed by atoms with van der Waals surface area (Å²) in [5, 5.41) is 5.74. The van der Waals surface area contributed by atoms with Gasteiger partial charge in [0.15, 0.2) is 0 Å². The number of rotatable bonds is 4. The predicted octanol–water partition coefficient (Wildman–Crippen LogP) is 7.06. The third-order valence-corrected chi connectivity index (χ3v) is 14.1. The first kappa shape index (κ1) is 38.6. The van der Waals surface area contributed by atoms with Crippen LogP contribution in [0.2, 0.25) is 0 Å².